The molecule has 0 bridgehead atoms. The number of methoxy groups -OCH3 is 1. The smallest absolute Gasteiger partial charge is 0.218 e. The van der Waals surface area contributed by atoms with Crippen molar-refractivity contribution in [2.24, 2.45) is 10.7 Å². The molecule has 0 saturated heterocycles. The third kappa shape index (κ3) is 4.74. The second-order valence-electron chi connectivity index (χ2n) is 4.91. The number of aliphatic imine (C=N–C) groups is 1. The lowest BCUT2D eigenvalue weighted by Crippen LogP contribution is -2.34. The Morgan fingerprint density at radius 2 is 2.17 bits per heavy atom. The Hall–Kier alpha value is -1.98. The van der Waals surface area contributed by atoms with Gasteiger partial charge in [0.2, 0.25) is 5.88 Å². The van der Waals surface area contributed by atoms with Crippen LogP contribution in [0.4, 0.5) is 0 Å². The molecule has 0 spiro atoms. The summed E-state index contributed by atoms with van der Waals surface area (Å²) in [5, 5.41) is 4.28. The van der Waals surface area contributed by atoms with Gasteiger partial charge in [-0.15, -0.1) is 0 Å². The van der Waals surface area contributed by atoms with Gasteiger partial charge in [-0.25, -0.2) is 9.98 Å². The minimum absolute atomic E-state index is 0.0979. The van der Waals surface area contributed by atoms with Crippen LogP contribution in [0.5, 0.6) is 5.88 Å². The van der Waals surface area contributed by atoms with Crippen LogP contribution in [-0.4, -0.2) is 18.1 Å². The minimum atomic E-state index is -0.0979. The molecule has 1 aromatic heterocycles. The molecule has 0 fully saturated rings. The molecule has 1 heterocycles. The number of rotatable bonds is 5. The van der Waals surface area contributed by atoms with Gasteiger partial charge < -0.3 is 15.8 Å². The van der Waals surface area contributed by atoms with Gasteiger partial charge in [0.05, 0.1) is 19.7 Å². The quantitative estimate of drug-likeness (QED) is 0.637. The predicted molar refractivity (Wildman–Crippen MR) is 94.1 cm³/mol. The summed E-state index contributed by atoms with van der Waals surface area (Å²) in [4.78, 5) is 8.43. The molecule has 122 valence electrons. The van der Waals surface area contributed by atoms with E-state index in [0.717, 1.165) is 11.1 Å². The molecule has 0 saturated carbocycles. The van der Waals surface area contributed by atoms with Crippen molar-refractivity contribution in [1.29, 1.82) is 0 Å². The number of pyridine rings is 1. The Morgan fingerprint density at radius 3 is 2.87 bits per heavy atom. The fraction of sp³-hybridized carbons (Fsp3) is 0.250. The van der Waals surface area contributed by atoms with E-state index in [0.29, 0.717) is 28.4 Å². The minimum Gasteiger partial charge on any atom is -0.481 e. The molecule has 1 unspecified atom stereocenters. The highest BCUT2D eigenvalue weighted by atomic mass is 35.5. The molecule has 1 aromatic carbocycles. The summed E-state index contributed by atoms with van der Waals surface area (Å²) < 4.78 is 5.18. The van der Waals surface area contributed by atoms with E-state index in [9.17, 15) is 0 Å². The zero-order valence-electron chi connectivity index (χ0n) is 12.9. The van der Waals surface area contributed by atoms with Gasteiger partial charge in [0.1, 0.15) is 0 Å². The summed E-state index contributed by atoms with van der Waals surface area (Å²) in [6.07, 6.45) is 1.66. The average molecular weight is 353 g/mol. The van der Waals surface area contributed by atoms with Crippen molar-refractivity contribution in [2.75, 3.05) is 7.11 Å². The van der Waals surface area contributed by atoms with Gasteiger partial charge in [-0.2, -0.15) is 0 Å². The molecular formula is C16H18Cl2N4O. The van der Waals surface area contributed by atoms with Gasteiger partial charge >= 0.3 is 0 Å². The first kappa shape index (κ1) is 17.4. The van der Waals surface area contributed by atoms with E-state index in [4.69, 9.17) is 33.7 Å². The van der Waals surface area contributed by atoms with Crippen LogP contribution in [-0.2, 0) is 6.54 Å². The number of benzene rings is 1. The van der Waals surface area contributed by atoms with Gasteiger partial charge in [-0.3, -0.25) is 0 Å². The van der Waals surface area contributed by atoms with Crippen molar-refractivity contribution in [3.63, 3.8) is 0 Å². The van der Waals surface area contributed by atoms with Crippen LogP contribution in [0.2, 0.25) is 10.0 Å². The molecule has 1 atom stereocenters. The van der Waals surface area contributed by atoms with Crippen molar-refractivity contribution in [3.05, 3.63) is 57.7 Å². The van der Waals surface area contributed by atoms with Gasteiger partial charge in [0, 0.05) is 21.8 Å². The van der Waals surface area contributed by atoms with E-state index in [-0.39, 0.29) is 6.04 Å². The molecule has 0 aliphatic carbocycles. The molecule has 23 heavy (non-hydrogen) atoms. The first-order valence-corrected chi connectivity index (χ1v) is 7.76. The third-order valence-electron chi connectivity index (χ3n) is 3.26. The topological polar surface area (TPSA) is 72.5 Å². The number of hydrogen-bond donors (Lipinski definition) is 2. The standard InChI is InChI=1S/C16H18Cl2N4O/c1-10(13-6-5-12(17)8-14(13)18)22-16(19)21-9-11-4-3-7-20-15(11)23-2/h3-8,10H,9H2,1-2H3,(H3,19,21,22). The molecule has 0 amide bonds. The molecular weight excluding hydrogens is 335 g/mol. The Labute approximate surface area is 145 Å². The zero-order chi connectivity index (χ0) is 16.8. The summed E-state index contributed by atoms with van der Waals surface area (Å²) in [7, 11) is 1.57. The van der Waals surface area contributed by atoms with E-state index in [1.165, 1.54) is 0 Å². The second-order valence-corrected chi connectivity index (χ2v) is 5.75. The number of halogens is 2. The lowest BCUT2D eigenvalue weighted by Gasteiger charge is -2.16. The van der Waals surface area contributed by atoms with Crippen LogP contribution in [0, 0.1) is 0 Å². The van der Waals surface area contributed by atoms with Crippen LogP contribution in [0.3, 0.4) is 0 Å². The lowest BCUT2D eigenvalue weighted by atomic mass is 10.1. The largest absolute Gasteiger partial charge is 0.481 e. The monoisotopic (exact) mass is 352 g/mol. The molecule has 2 aromatic rings. The molecule has 7 heteroatoms. The predicted octanol–water partition coefficient (Wildman–Crippen LogP) is 3.56. The number of guanidine groups is 1. The summed E-state index contributed by atoms with van der Waals surface area (Å²) in [5.41, 5.74) is 7.69. The van der Waals surface area contributed by atoms with Gasteiger partial charge in [0.15, 0.2) is 5.96 Å². The van der Waals surface area contributed by atoms with Crippen LogP contribution in [0.15, 0.2) is 41.5 Å². The van der Waals surface area contributed by atoms with Crippen molar-refractivity contribution >= 4 is 29.2 Å². The number of nitrogens with two attached hydrogens (primary N) is 1. The maximum absolute atomic E-state index is 6.19. The number of nitrogens with one attached hydrogen (secondary N) is 1. The van der Waals surface area contributed by atoms with Crippen molar-refractivity contribution in [1.82, 2.24) is 10.3 Å². The van der Waals surface area contributed by atoms with Crippen LogP contribution >= 0.6 is 23.2 Å². The first-order chi connectivity index (χ1) is 11.0. The highest BCUT2D eigenvalue weighted by molar-refractivity contribution is 6.35. The SMILES string of the molecule is COc1ncccc1CN=C(N)NC(C)c1ccc(Cl)cc1Cl. The van der Waals surface area contributed by atoms with Crippen molar-refractivity contribution in [3.8, 4) is 5.88 Å². The van der Waals surface area contributed by atoms with Crippen LogP contribution < -0.4 is 15.8 Å². The van der Waals surface area contributed by atoms with Crippen LogP contribution in [0.1, 0.15) is 24.1 Å². The molecule has 5 nitrogen and oxygen atoms in total. The summed E-state index contributed by atoms with van der Waals surface area (Å²) in [5.74, 6) is 0.854. The molecule has 2 rings (SSSR count). The third-order valence-corrected chi connectivity index (χ3v) is 3.82. The second kappa shape index (κ2) is 8.04. The maximum Gasteiger partial charge on any atom is 0.218 e. The Morgan fingerprint density at radius 1 is 1.39 bits per heavy atom. The van der Waals surface area contributed by atoms with E-state index in [1.807, 2.05) is 25.1 Å². The van der Waals surface area contributed by atoms with Crippen LogP contribution in [0.25, 0.3) is 0 Å². The average Bonchev–Trinajstić information content (AvgIpc) is 2.53. The maximum atomic E-state index is 6.19. The highest BCUT2D eigenvalue weighted by Gasteiger charge is 2.11. The Kier molecular flexibility index (Phi) is 6.07. The van der Waals surface area contributed by atoms with Gasteiger partial charge in [-0.05, 0) is 30.7 Å². The van der Waals surface area contributed by atoms with Crippen molar-refractivity contribution in [2.45, 2.75) is 19.5 Å². The summed E-state index contributed by atoms with van der Waals surface area (Å²) in [6, 6.07) is 8.97. The van der Waals surface area contributed by atoms with Crippen molar-refractivity contribution < 1.29 is 4.74 Å². The summed E-state index contributed by atoms with van der Waals surface area (Å²) >= 11 is 12.1. The Bertz CT molecular complexity index is 706. The molecule has 0 aliphatic rings. The van der Waals surface area contributed by atoms with E-state index in [1.54, 1.807) is 25.4 Å². The highest BCUT2D eigenvalue weighted by Crippen LogP contribution is 2.26. The number of hydrogen-bond acceptors (Lipinski definition) is 3. The van der Waals surface area contributed by atoms with Gasteiger partial charge in [-0.1, -0.05) is 35.3 Å². The number of nitrogens with zero attached hydrogens (tertiary/aromatic N) is 2. The molecule has 0 aliphatic heterocycles. The number of aromatic nitrogens is 1. The fourth-order valence-electron chi connectivity index (χ4n) is 2.10. The van der Waals surface area contributed by atoms with E-state index >= 15 is 0 Å². The fourth-order valence-corrected chi connectivity index (χ4v) is 2.67. The number of ether oxygens (including phenoxy) is 1. The van der Waals surface area contributed by atoms with Gasteiger partial charge in [0.25, 0.3) is 0 Å². The zero-order valence-corrected chi connectivity index (χ0v) is 14.4. The lowest BCUT2D eigenvalue weighted by molar-refractivity contribution is 0.392. The first-order valence-electron chi connectivity index (χ1n) is 7.00. The normalized spacial score (nSPS) is 12.8. The molecule has 3 N–H and O–H groups in total. The summed E-state index contributed by atoms with van der Waals surface area (Å²) in [6.45, 7) is 2.32. The van der Waals surface area contributed by atoms with E-state index < -0.39 is 0 Å². The molecule has 0 radical (unpaired) electrons. The van der Waals surface area contributed by atoms with E-state index in [2.05, 4.69) is 15.3 Å². The Balaban J connectivity index is 2.04.